The van der Waals surface area contributed by atoms with E-state index in [2.05, 4.69) is 19.2 Å². The van der Waals surface area contributed by atoms with Gasteiger partial charge >= 0.3 is 0 Å². The molecule has 0 saturated heterocycles. The maximum absolute atomic E-state index is 12.1. The molecule has 0 saturated carbocycles. The first-order valence-corrected chi connectivity index (χ1v) is 9.55. The number of rotatable bonds is 6. The quantitative estimate of drug-likeness (QED) is 0.759. The van der Waals surface area contributed by atoms with E-state index in [9.17, 15) is 13.2 Å². The second-order valence-corrected chi connectivity index (χ2v) is 7.58. The molecule has 0 aliphatic rings. The van der Waals surface area contributed by atoms with Crippen molar-refractivity contribution >= 4 is 27.7 Å². The molecular formula is C19H22N2O4S. The maximum Gasteiger partial charge on any atom is 0.248 e. The summed E-state index contributed by atoms with van der Waals surface area (Å²) < 4.78 is 28.2. The van der Waals surface area contributed by atoms with Gasteiger partial charge in [0.2, 0.25) is 15.9 Å². The average Bonchev–Trinajstić information content (AvgIpc) is 2.59. The number of nitrogens with two attached hydrogens (primary N) is 1. The monoisotopic (exact) mass is 374 g/mol. The molecule has 2 aromatic carbocycles. The predicted molar refractivity (Wildman–Crippen MR) is 103 cm³/mol. The van der Waals surface area contributed by atoms with Gasteiger partial charge in [-0.2, -0.15) is 0 Å². The van der Waals surface area contributed by atoms with Crippen molar-refractivity contribution in [1.82, 2.24) is 0 Å². The van der Waals surface area contributed by atoms with Crippen molar-refractivity contribution in [1.29, 1.82) is 0 Å². The van der Waals surface area contributed by atoms with E-state index in [-0.39, 0.29) is 16.6 Å². The van der Waals surface area contributed by atoms with Gasteiger partial charge in [-0.15, -0.1) is 0 Å². The third kappa shape index (κ3) is 5.18. The second-order valence-electron chi connectivity index (χ2n) is 6.05. The summed E-state index contributed by atoms with van der Waals surface area (Å²) >= 11 is 0. The van der Waals surface area contributed by atoms with E-state index < -0.39 is 10.0 Å². The first-order chi connectivity index (χ1) is 12.2. The number of hydrogen-bond donors (Lipinski definition) is 2. The molecule has 0 fully saturated rings. The van der Waals surface area contributed by atoms with Crippen LogP contribution in [0, 0.1) is 0 Å². The second kappa shape index (κ2) is 8.16. The molecule has 0 spiro atoms. The normalized spacial score (nSPS) is 11.7. The number of hydrogen-bond acceptors (Lipinski definition) is 4. The van der Waals surface area contributed by atoms with E-state index >= 15 is 0 Å². The largest absolute Gasteiger partial charge is 0.495 e. The highest BCUT2D eigenvalue weighted by Crippen LogP contribution is 2.26. The Labute approximate surface area is 153 Å². The highest BCUT2D eigenvalue weighted by molar-refractivity contribution is 7.89. The molecule has 0 aliphatic carbocycles. The molecule has 0 atom stereocenters. The van der Waals surface area contributed by atoms with Gasteiger partial charge in [-0.1, -0.05) is 38.1 Å². The van der Waals surface area contributed by atoms with Gasteiger partial charge < -0.3 is 10.1 Å². The molecule has 138 valence electrons. The number of amides is 1. The molecule has 6 nitrogen and oxygen atoms in total. The number of nitrogens with one attached hydrogen (secondary N) is 1. The number of primary sulfonamides is 1. The van der Waals surface area contributed by atoms with Gasteiger partial charge in [-0.25, -0.2) is 13.6 Å². The fourth-order valence-electron chi connectivity index (χ4n) is 2.32. The van der Waals surface area contributed by atoms with Crippen LogP contribution in [-0.2, 0) is 14.8 Å². The summed E-state index contributed by atoms with van der Waals surface area (Å²) in [6.45, 7) is 4.23. The van der Waals surface area contributed by atoms with Crippen molar-refractivity contribution in [2.24, 2.45) is 5.14 Å². The zero-order chi connectivity index (χ0) is 19.3. The molecule has 0 heterocycles. The van der Waals surface area contributed by atoms with Crippen LogP contribution in [0.3, 0.4) is 0 Å². The molecule has 0 bridgehead atoms. The zero-order valence-electron chi connectivity index (χ0n) is 14.9. The highest BCUT2D eigenvalue weighted by atomic mass is 32.2. The molecule has 0 radical (unpaired) electrons. The van der Waals surface area contributed by atoms with E-state index in [0.717, 1.165) is 5.56 Å². The summed E-state index contributed by atoms with van der Waals surface area (Å²) in [4.78, 5) is 11.9. The molecule has 1 amide bonds. The first kappa shape index (κ1) is 19.7. The molecular weight excluding hydrogens is 352 g/mol. The van der Waals surface area contributed by atoms with Crippen LogP contribution >= 0.6 is 0 Å². The Balaban J connectivity index is 2.12. The van der Waals surface area contributed by atoms with Gasteiger partial charge in [-0.05, 0) is 41.3 Å². The van der Waals surface area contributed by atoms with Crippen molar-refractivity contribution < 1.29 is 17.9 Å². The Morgan fingerprint density at radius 1 is 1.15 bits per heavy atom. The maximum atomic E-state index is 12.1. The van der Waals surface area contributed by atoms with Crippen molar-refractivity contribution in [3.8, 4) is 5.75 Å². The lowest BCUT2D eigenvalue weighted by Gasteiger charge is -2.09. The Morgan fingerprint density at radius 3 is 2.35 bits per heavy atom. The van der Waals surface area contributed by atoms with E-state index in [0.29, 0.717) is 11.6 Å². The van der Waals surface area contributed by atoms with Crippen LogP contribution < -0.4 is 15.2 Å². The minimum Gasteiger partial charge on any atom is -0.495 e. The molecule has 7 heteroatoms. The van der Waals surface area contributed by atoms with Crippen LogP contribution in [0.5, 0.6) is 5.75 Å². The summed E-state index contributed by atoms with van der Waals surface area (Å²) in [5.41, 5.74) is 2.42. The van der Waals surface area contributed by atoms with Crippen LogP contribution in [0.1, 0.15) is 30.9 Å². The Morgan fingerprint density at radius 2 is 1.81 bits per heavy atom. The fourth-order valence-corrected chi connectivity index (χ4v) is 3.05. The third-order valence-electron chi connectivity index (χ3n) is 3.77. The summed E-state index contributed by atoms with van der Waals surface area (Å²) in [6, 6.07) is 12.1. The van der Waals surface area contributed by atoms with Gasteiger partial charge in [-0.3, -0.25) is 4.79 Å². The number of sulfonamides is 1. The highest BCUT2D eigenvalue weighted by Gasteiger charge is 2.16. The molecule has 0 aliphatic heterocycles. The minimum absolute atomic E-state index is 0.117. The lowest BCUT2D eigenvalue weighted by atomic mass is 10.0. The van der Waals surface area contributed by atoms with Gasteiger partial charge in [0.1, 0.15) is 10.6 Å². The van der Waals surface area contributed by atoms with Gasteiger partial charge in [0, 0.05) is 11.8 Å². The molecule has 2 rings (SSSR count). The SMILES string of the molecule is COc1ccc(NC(=O)/C=C/c2ccc(C(C)C)cc2)cc1S(N)(=O)=O. The van der Waals surface area contributed by atoms with E-state index in [1.807, 2.05) is 24.3 Å². The standard InChI is InChI=1S/C19H22N2O4S/c1-13(2)15-7-4-14(5-8-15)6-11-19(22)21-16-9-10-17(25-3)18(12-16)26(20,23)24/h4-13H,1-3H3,(H,21,22)(H2,20,23,24)/b11-6+. The zero-order valence-corrected chi connectivity index (χ0v) is 15.7. The van der Waals surface area contributed by atoms with Gasteiger partial charge in [0.25, 0.3) is 0 Å². The smallest absolute Gasteiger partial charge is 0.248 e. The van der Waals surface area contributed by atoms with Crippen molar-refractivity contribution in [2.45, 2.75) is 24.7 Å². The lowest BCUT2D eigenvalue weighted by Crippen LogP contribution is -2.15. The Kier molecular flexibility index (Phi) is 6.18. The van der Waals surface area contributed by atoms with Crippen LogP contribution in [-0.4, -0.2) is 21.4 Å². The Hall–Kier alpha value is -2.64. The van der Waals surface area contributed by atoms with E-state index in [1.54, 1.807) is 6.08 Å². The van der Waals surface area contributed by atoms with Gasteiger partial charge in [0.05, 0.1) is 7.11 Å². The van der Waals surface area contributed by atoms with Crippen LogP contribution in [0.15, 0.2) is 53.4 Å². The van der Waals surface area contributed by atoms with Gasteiger partial charge in [0.15, 0.2) is 0 Å². The number of carbonyl (C=O) groups is 1. The van der Waals surface area contributed by atoms with Crippen molar-refractivity contribution in [2.75, 3.05) is 12.4 Å². The van der Waals surface area contributed by atoms with Crippen LogP contribution in [0.2, 0.25) is 0 Å². The van der Waals surface area contributed by atoms with Crippen LogP contribution in [0.25, 0.3) is 6.08 Å². The summed E-state index contributed by atoms with van der Waals surface area (Å²) in [5, 5.41) is 7.77. The summed E-state index contributed by atoms with van der Waals surface area (Å²) in [7, 11) is -2.62. The molecule has 0 unspecified atom stereocenters. The van der Waals surface area contributed by atoms with Crippen molar-refractivity contribution in [3.05, 3.63) is 59.7 Å². The predicted octanol–water partition coefficient (Wildman–Crippen LogP) is 3.12. The summed E-state index contributed by atoms with van der Waals surface area (Å²) in [5.74, 6) is 0.175. The van der Waals surface area contributed by atoms with Crippen LogP contribution in [0.4, 0.5) is 5.69 Å². The van der Waals surface area contributed by atoms with E-state index in [1.165, 1.54) is 36.9 Å². The number of ether oxygens (including phenoxy) is 1. The lowest BCUT2D eigenvalue weighted by molar-refractivity contribution is -0.111. The molecule has 26 heavy (non-hydrogen) atoms. The number of benzene rings is 2. The Bertz CT molecular complexity index is 917. The average molecular weight is 374 g/mol. The van der Waals surface area contributed by atoms with E-state index in [4.69, 9.17) is 9.88 Å². The van der Waals surface area contributed by atoms with Crippen molar-refractivity contribution in [3.63, 3.8) is 0 Å². The summed E-state index contributed by atoms with van der Waals surface area (Å²) in [6.07, 6.45) is 3.06. The topological polar surface area (TPSA) is 98.5 Å². The first-order valence-electron chi connectivity index (χ1n) is 8.00. The number of methoxy groups -OCH3 is 1. The molecule has 0 aromatic heterocycles. The fraction of sp³-hybridized carbons (Fsp3) is 0.211. The number of anilines is 1. The third-order valence-corrected chi connectivity index (χ3v) is 4.70. The minimum atomic E-state index is -3.96. The molecule has 2 aromatic rings. The molecule has 3 N–H and O–H groups in total. The number of carbonyl (C=O) groups excluding carboxylic acids is 1.